The first-order chi connectivity index (χ1) is 10.9. The number of hydrogen-bond donors (Lipinski definition) is 1. The minimum atomic E-state index is -3.07. The molecule has 1 aromatic carbocycles. The number of nitrogens with two attached hydrogens (primary N) is 1. The third-order valence-corrected chi connectivity index (χ3v) is 6.41. The molecule has 1 aromatic rings. The van der Waals surface area contributed by atoms with Crippen molar-refractivity contribution >= 4 is 22.4 Å². The van der Waals surface area contributed by atoms with E-state index >= 15 is 0 Å². The second-order valence-electron chi connectivity index (χ2n) is 7.03. The van der Waals surface area contributed by atoms with Crippen molar-refractivity contribution in [1.82, 2.24) is 9.21 Å². The Kier molecular flexibility index (Phi) is 6.67. The monoisotopic (exact) mass is 373 g/mol. The predicted octanol–water partition coefficient (Wildman–Crippen LogP) is 1.51. The standard InChI is InChI=1S/C17H27N3O2S.ClH/c1-23(21,22)20-9-5-6-14(11-20)10-19-12-16(17(18)13-19)15-7-3-2-4-8-15;/h2-4,7-8,14,16-17H,5-6,9-13,18H2,1H3;1H/t14?,16-,17+;/m0./s1. The lowest BCUT2D eigenvalue weighted by Gasteiger charge is -2.33. The van der Waals surface area contributed by atoms with Crippen LogP contribution in [0, 0.1) is 5.92 Å². The van der Waals surface area contributed by atoms with E-state index in [9.17, 15) is 8.42 Å². The van der Waals surface area contributed by atoms with E-state index in [1.165, 1.54) is 11.8 Å². The Bertz CT molecular complexity index is 626. The summed E-state index contributed by atoms with van der Waals surface area (Å²) in [6.45, 7) is 4.14. The summed E-state index contributed by atoms with van der Waals surface area (Å²) < 4.78 is 25.1. The Balaban J connectivity index is 0.00000208. The van der Waals surface area contributed by atoms with Crippen LogP contribution in [0.5, 0.6) is 0 Å². The molecule has 1 unspecified atom stereocenters. The van der Waals surface area contributed by atoms with Gasteiger partial charge in [-0.2, -0.15) is 0 Å². The minimum Gasteiger partial charge on any atom is -0.326 e. The molecule has 2 aliphatic heterocycles. The zero-order valence-corrected chi connectivity index (χ0v) is 15.8. The van der Waals surface area contributed by atoms with E-state index in [1.807, 2.05) is 6.07 Å². The van der Waals surface area contributed by atoms with Crippen molar-refractivity contribution in [2.45, 2.75) is 24.8 Å². The zero-order valence-electron chi connectivity index (χ0n) is 14.2. The number of piperidine rings is 1. The van der Waals surface area contributed by atoms with E-state index in [-0.39, 0.29) is 18.4 Å². The summed E-state index contributed by atoms with van der Waals surface area (Å²) in [6, 6.07) is 10.6. The molecule has 5 nitrogen and oxygen atoms in total. The molecule has 2 N–H and O–H groups in total. The van der Waals surface area contributed by atoms with Gasteiger partial charge in [0.15, 0.2) is 0 Å². The van der Waals surface area contributed by atoms with Gasteiger partial charge in [0.1, 0.15) is 0 Å². The smallest absolute Gasteiger partial charge is 0.211 e. The number of hydrogen-bond acceptors (Lipinski definition) is 4. The molecule has 136 valence electrons. The molecule has 0 saturated carbocycles. The van der Waals surface area contributed by atoms with Crippen LogP contribution in [0.15, 0.2) is 30.3 Å². The second-order valence-corrected chi connectivity index (χ2v) is 9.01. The van der Waals surface area contributed by atoms with Crippen molar-refractivity contribution < 1.29 is 8.42 Å². The molecule has 3 rings (SSSR count). The van der Waals surface area contributed by atoms with Gasteiger partial charge in [-0.05, 0) is 24.3 Å². The number of rotatable bonds is 4. The molecule has 0 spiro atoms. The van der Waals surface area contributed by atoms with Crippen LogP contribution < -0.4 is 5.73 Å². The first kappa shape index (κ1) is 19.7. The largest absolute Gasteiger partial charge is 0.326 e. The van der Waals surface area contributed by atoms with Crippen molar-refractivity contribution in [3.8, 4) is 0 Å². The molecule has 0 aromatic heterocycles. The molecular weight excluding hydrogens is 346 g/mol. The first-order valence-electron chi connectivity index (χ1n) is 8.41. The van der Waals surface area contributed by atoms with Gasteiger partial charge >= 0.3 is 0 Å². The van der Waals surface area contributed by atoms with Crippen molar-refractivity contribution in [3.63, 3.8) is 0 Å². The van der Waals surface area contributed by atoms with E-state index in [0.29, 0.717) is 24.9 Å². The van der Waals surface area contributed by atoms with Crippen LogP contribution in [0.3, 0.4) is 0 Å². The number of sulfonamides is 1. The Hall–Kier alpha value is -0.660. The number of likely N-dealkylation sites (tertiary alicyclic amines) is 1. The lowest BCUT2D eigenvalue weighted by atomic mass is 9.95. The van der Waals surface area contributed by atoms with E-state index in [1.54, 1.807) is 4.31 Å². The fourth-order valence-corrected chi connectivity index (χ4v) is 4.90. The average molecular weight is 374 g/mol. The molecule has 0 amide bonds. The van der Waals surface area contributed by atoms with Crippen LogP contribution in [0.4, 0.5) is 0 Å². The third-order valence-electron chi connectivity index (χ3n) is 5.14. The van der Waals surface area contributed by atoms with Crippen LogP contribution in [-0.2, 0) is 10.0 Å². The van der Waals surface area contributed by atoms with Gasteiger partial charge in [-0.25, -0.2) is 12.7 Å². The van der Waals surface area contributed by atoms with E-state index in [0.717, 1.165) is 32.5 Å². The molecule has 0 radical (unpaired) electrons. The van der Waals surface area contributed by atoms with Gasteiger partial charge < -0.3 is 10.6 Å². The molecule has 0 aliphatic carbocycles. The van der Waals surface area contributed by atoms with Crippen molar-refractivity contribution in [2.24, 2.45) is 11.7 Å². The van der Waals surface area contributed by atoms with E-state index in [2.05, 4.69) is 29.2 Å². The maximum absolute atomic E-state index is 11.8. The van der Waals surface area contributed by atoms with Gasteiger partial charge in [-0.15, -0.1) is 12.4 Å². The minimum absolute atomic E-state index is 0. The Labute approximate surface area is 151 Å². The summed E-state index contributed by atoms with van der Waals surface area (Å²) in [4.78, 5) is 2.42. The fourth-order valence-electron chi connectivity index (χ4n) is 3.96. The molecule has 7 heteroatoms. The maximum atomic E-state index is 11.8. The summed E-state index contributed by atoms with van der Waals surface area (Å²) in [5.41, 5.74) is 7.66. The second kappa shape index (κ2) is 8.15. The van der Waals surface area contributed by atoms with Gasteiger partial charge in [0, 0.05) is 44.7 Å². The quantitative estimate of drug-likeness (QED) is 0.868. The van der Waals surface area contributed by atoms with Crippen molar-refractivity contribution in [3.05, 3.63) is 35.9 Å². The zero-order chi connectivity index (χ0) is 16.4. The molecule has 2 fully saturated rings. The number of benzene rings is 1. The van der Waals surface area contributed by atoms with Crippen LogP contribution in [0.2, 0.25) is 0 Å². The van der Waals surface area contributed by atoms with E-state index in [4.69, 9.17) is 5.73 Å². The van der Waals surface area contributed by atoms with Crippen molar-refractivity contribution in [2.75, 3.05) is 39.0 Å². The number of nitrogens with zero attached hydrogens (tertiary/aromatic N) is 2. The molecule has 2 aliphatic rings. The topological polar surface area (TPSA) is 66.6 Å². The highest BCUT2D eigenvalue weighted by Crippen LogP contribution is 2.28. The Morgan fingerprint density at radius 2 is 1.88 bits per heavy atom. The fraction of sp³-hybridized carbons (Fsp3) is 0.647. The average Bonchev–Trinajstić information content (AvgIpc) is 2.88. The highest BCUT2D eigenvalue weighted by Gasteiger charge is 2.34. The Morgan fingerprint density at radius 3 is 2.54 bits per heavy atom. The summed E-state index contributed by atoms with van der Waals surface area (Å²) in [5, 5.41) is 0. The van der Waals surface area contributed by atoms with Gasteiger partial charge in [0.25, 0.3) is 0 Å². The van der Waals surface area contributed by atoms with E-state index < -0.39 is 10.0 Å². The maximum Gasteiger partial charge on any atom is 0.211 e. The lowest BCUT2D eigenvalue weighted by molar-refractivity contribution is 0.198. The summed E-state index contributed by atoms with van der Waals surface area (Å²) >= 11 is 0. The van der Waals surface area contributed by atoms with Crippen LogP contribution >= 0.6 is 12.4 Å². The molecule has 3 atom stereocenters. The molecule has 24 heavy (non-hydrogen) atoms. The van der Waals surface area contributed by atoms with Crippen LogP contribution in [0.1, 0.15) is 24.3 Å². The van der Waals surface area contributed by atoms with Crippen LogP contribution in [0.25, 0.3) is 0 Å². The molecule has 2 saturated heterocycles. The highest BCUT2D eigenvalue weighted by molar-refractivity contribution is 7.88. The third kappa shape index (κ3) is 4.70. The van der Waals surface area contributed by atoms with Crippen molar-refractivity contribution in [1.29, 1.82) is 0 Å². The summed E-state index contributed by atoms with van der Waals surface area (Å²) in [5.74, 6) is 0.797. The van der Waals surface area contributed by atoms with Gasteiger partial charge in [-0.1, -0.05) is 30.3 Å². The molecule has 0 bridgehead atoms. The summed E-state index contributed by atoms with van der Waals surface area (Å²) in [6.07, 6.45) is 3.38. The van der Waals surface area contributed by atoms with Gasteiger partial charge in [0.05, 0.1) is 6.26 Å². The van der Waals surface area contributed by atoms with Gasteiger partial charge in [0.2, 0.25) is 10.0 Å². The summed E-state index contributed by atoms with van der Waals surface area (Å²) in [7, 11) is -3.07. The molecule has 2 heterocycles. The van der Waals surface area contributed by atoms with Crippen LogP contribution in [-0.4, -0.2) is 62.6 Å². The predicted molar refractivity (Wildman–Crippen MR) is 100.0 cm³/mol. The highest BCUT2D eigenvalue weighted by atomic mass is 35.5. The number of halogens is 1. The van der Waals surface area contributed by atoms with Gasteiger partial charge in [-0.3, -0.25) is 0 Å². The SMILES string of the molecule is CS(=O)(=O)N1CCCC(CN2C[C@@H](N)[C@H](c3ccccc3)C2)C1.Cl. The normalized spacial score (nSPS) is 29.3. The molecular formula is C17H28ClN3O2S. The first-order valence-corrected chi connectivity index (χ1v) is 10.3. The Morgan fingerprint density at radius 1 is 1.17 bits per heavy atom. The lowest BCUT2D eigenvalue weighted by Crippen LogP contribution is -2.43.